The molecule has 0 bridgehead atoms. The van der Waals surface area contributed by atoms with Gasteiger partial charge in [0.2, 0.25) is 0 Å². The summed E-state index contributed by atoms with van der Waals surface area (Å²) in [5, 5.41) is 0. The third kappa shape index (κ3) is 59.0. The van der Waals surface area contributed by atoms with E-state index in [1.807, 2.05) is 21.1 Å². The number of esters is 1. The van der Waals surface area contributed by atoms with Gasteiger partial charge < -0.3 is 27.9 Å². The van der Waals surface area contributed by atoms with Crippen LogP contribution in [0.1, 0.15) is 271 Å². The van der Waals surface area contributed by atoms with Gasteiger partial charge in [-0.2, -0.15) is 0 Å². The normalized spacial score (nSPS) is 13.8. The zero-order valence-electron chi connectivity index (χ0n) is 47.4. The number of carbonyl (C=O) groups excluding carboxylic acids is 1. The maximum absolute atomic E-state index is 12.8. The van der Waals surface area contributed by atoms with E-state index in [4.69, 9.17) is 18.5 Å². The zero-order chi connectivity index (χ0) is 51.9. The Labute approximate surface area is 440 Å². The van der Waals surface area contributed by atoms with Crippen LogP contribution in [-0.4, -0.2) is 70.7 Å². The van der Waals surface area contributed by atoms with Crippen LogP contribution in [-0.2, 0) is 27.9 Å². The summed E-state index contributed by atoms with van der Waals surface area (Å²) in [6.45, 7) is 5.34. The van der Waals surface area contributed by atoms with Crippen LogP contribution >= 0.6 is 7.82 Å². The van der Waals surface area contributed by atoms with Crippen LogP contribution in [0.5, 0.6) is 0 Å². The number of phosphoric ester groups is 1. The van der Waals surface area contributed by atoms with Crippen LogP contribution < -0.4 is 4.89 Å². The lowest BCUT2D eigenvalue weighted by Crippen LogP contribution is -2.37. The molecule has 0 rings (SSSR count). The highest BCUT2D eigenvalue weighted by Crippen LogP contribution is 2.38. The summed E-state index contributed by atoms with van der Waals surface area (Å²) >= 11 is 0. The van der Waals surface area contributed by atoms with Gasteiger partial charge >= 0.3 is 5.97 Å². The lowest BCUT2D eigenvalue weighted by atomic mass is 10.0. The minimum Gasteiger partial charge on any atom is -0.756 e. The summed E-state index contributed by atoms with van der Waals surface area (Å²) in [4.78, 5) is 25.3. The van der Waals surface area contributed by atoms with Crippen LogP contribution in [0.15, 0.2) is 60.8 Å². The molecule has 71 heavy (non-hydrogen) atoms. The third-order valence-corrected chi connectivity index (χ3v) is 14.0. The molecule has 0 aliphatic carbocycles. The number of quaternary nitrogens is 1. The minimum atomic E-state index is -4.54. The first-order chi connectivity index (χ1) is 34.6. The molecule has 0 aromatic rings. The lowest BCUT2D eigenvalue weighted by molar-refractivity contribution is -0.870. The quantitative estimate of drug-likeness (QED) is 0.0197. The number of hydrogen-bond donors (Lipinski definition) is 0. The fraction of sp³-hybridized carbons (Fsp3) is 0.823. The topological polar surface area (TPSA) is 94.1 Å². The van der Waals surface area contributed by atoms with E-state index in [9.17, 15) is 14.3 Å². The summed E-state index contributed by atoms with van der Waals surface area (Å²) in [6, 6.07) is 0. The molecule has 0 radical (unpaired) electrons. The Morgan fingerprint density at radius 3 is 1.23 bits per heavy atom. The number of carbonyl (C=O) groups is 1. The molecular formula is C62H116NO7P. The molecule has 0 fully saturated rings. The van der Waals surface area contributed by atoms with Crippen molar-refractivity contribution < 1.29 is 37.3 Å². The van der Waals surface area contributed by atoms with Gasteiger partial charge in [-0.05, 0) is 57.8 Å². The smallest absolute Gasteiger partial charge is 0.306 e. The number of allylic oxidation sites excluding steroid dienone is 10. The summed E-state index contributed by atoms with van der Waals surface area (Å²) < 4.78 is 34.9. The minimum absolute atomic E-state index is 0.0244. The molecule has 0 N–H and O–H groups in total. The Morgan fingerprint density at radius 1 is 0.451 bits per heavy atom. The molecule has 0 spiro atoms. The number of likely N-dealkylation sites (N-methyl/N-ethyl adjacent to an activating group) is 1. The Kier molecular flexibility index (Phi) is 53.1. The molecule has 2 unspecified atom stereocenters. The van der Waals surface area contributed by atoms with E-state index in [-0.39, 0.29) is 25.8 Å². The highest BCUT2D eigenvalue weighted by molar-refractivity contribution is 7.45. The van der Waals surface area contributed by atoms with Crippen molar-refractivity contribution in [2.75, 3.05) is 54.1 Å². The second-order valence-electron chi connectivity index (χ2n) is 21.3. The predicted octanol–water partition coefficient (Wildman–Crippen LogP) is 18.5. The van der Waals surface area contributed by atoms with Crippen LogP contribution in [0.25, 0.3) is 0 Å². The van der Waals surface area contributed by atoms with Gasteiger partial charge in [-0.15, -0.1) is 0 Å². The van der Waals surface area contributed by atoms with Gasteiger partial charge in [-0.25, -0.2) is 0 Å². The molecule has 9 heteroatoms. The average Bonchev–Trinajstić information content (AvgIpc) is 3.33. The van der Waals surface area contributed by atoms with Crippen molar-refractivity contribution in [3.05, 3.63) is 60.8 Å². The number of phosphoric acid groups is 1. The van der Waals surface area contributed by atoms with Crippen molar-refractivity contribution in [3.63, 3.8) is 0 Å². The Morgan fingerprint density at radius 2 is 0.817 bits per heavy atom. The third-order valence-electron chi connectivity index (χ3n) is 13.1. The number of unbranched alkanes of at least 4 members (excludes halogenated alkanes) is 32. The molecular weight excluding hydrogens is 902 g/mol. The van der Waals surface area contributed by atoms with Crippen molar-refractivity contribution in [2.45, 2.75) is 277 Å². The second-order valence-corrected chi connectivity index (χ2v) is 22.7. The van der Waals surface area contributed by atoms with Gasteiger partial charge in [-0.1, -0.05) is 267 Å². The molecule has 0 aromatic heterocycles. The number of hydrogen-bond acceptors (Lipinski definition) is 7. The SMILES string of the molecule is CC/C=C\C/C=C\C/C=C\C/C=C\C/C=C\CCCCCCCCCCCC(=O)OC(COCCCCCCCCCCCCCCCCCCCCCCCCCC)COP(=O)([O-])OCC[N+](C)(C)C. The van der Waals surface area contributed by atoms with Crippen molar-refractivity contribution in [1.82, 2.24) is 0 Å². The van der Waals surface area contributed by atoms with Gasteiger partial charge in [0.1, 0.15) is 19.3 Å². The molecule has 0 saturated heterocycles. The molecule has 0 heterocycles. The lowest BCUT2D eigenvalue weighted by Gasteiger charge is -2.28. The maximum atomic E-state index is 12.8. The number of nitrogens with zero attached hydrogens (tertiary/aromatic N) is 1. The van der Waals surface area contributed by atoms with Crippen molar-refractivity contribution in [2.24, 2.45) is 0 Å². The van der Waals surface area contributed by atoms with E-state index < -0.39 is 13.9 Å². The Balaban J connectivity index is 4.05. The first kappa shape index (κ1) is 69.2. The molecule has 0 saturated carbocycles. The molecule has 416 valence electrons. The molecule has 0 aliphatic heterocycles. The number of ether oxygens (including phenoxy) is 2. The molecule has 0 aliphatic rings. The standard InChI is InChI=1S/C62H116NO7P/c1-6-8-10-12-14-16-18-20-22-24-26-28-30-32-33-35-37-39-41-43-45-47-49-51-53-55-62(64)70-61(60-69-71(65,66)68-58-56-63(3,4)5)59-67-57-54-52-50-48-46-44-42-40-38-36-34-31-29-27-25-23-21-19-17-15-13-11-9-7-2/h8,10,14,16,20,22,26,28,32-33,61H,6-7,9,11-13,15,17-19,21,23-25,27,29-31,34-60H2,1-5H3/b10-8-,16-14-,22-20-,28-26-,33-32-. The van der Waals surface area contributed by atoms with Gasteiger partial charge in [0.05, 0.1) is 34.4 Å². The highest BCUT2D eigenvalue weighted by Gasteiger charge is 2.20. The summed E-state index contributed by atoms with van der Waals surface area (Å²) in [7, 11) is 1.36. The Bertz CT molecular complexity index is 1320. The Hall–Kier alpha value is -1.80. The molecule has 0 aromatic carbocycles. The monoisotopic (exact) mass is 1020 g/mol. The van der Waals surface area contributed by atoms with Crippen LogP contribution in [0.3, 0.4) is 0 Å². The second kappa shape index (κ2) is 54.5. The summed E-state index contributed by atoms with van der Waals surface area (Å²) in [5.74, 6) is -0.337. The first-order valence-electron chi connectivity index (χ1n) is 30.0. The predicted molar refractivity (Wildman–Crippen MR) is 305 cm³/mol. The molecule has 0 amide bonds. The molecule has 8 nitrogen and oxygen atoms in total. The fourth-order valence-electron chi connectivity index (χ4n) is 8.52. The van der Waals surface area contributed by atoms with Crippen molar-refractivity contribution in [1.29, 1.82) is 0 Å². The maximum Gasteiger partial charge on any atom is 0.306 e. The van der Waals surface area contributed by atoms with Gasteiger partial charge in [0, 0.05) is 13.0 Å². The van der Waals surface area contributed by atoms with Gasteiger partial charge in [0.25, 0.3) is 7.82 Å². The first-order valence-corrected chi connectivity index (χ1v) is 31.5. The van der Waals surface area contributed by atoms with Gasteiger partial charge in [-0.3, -0.25) is 9.36 Å². The number of rotatable bonds is 56. The van der Waals surface area contributed by atoms with E-state index in [0.29, 0.717) is 24.1 Å². The summed E-state index contributed by atoms with van der Waals surface area (Å²) in [5.41, 5.74) is 0. The highest BCUT2D eigenvalue weighted by atomic mass is 31.2. The van der Waals surface area contributed by atoms with Crippen LogP contribution in [0, 0.1) is 0 Å². The van der Waals surface area contributed by atoms with E-state index >= 15 is 0 Å². The van der Waals surface area contributed by atoms with Crippen molar-refractivity contribution in [3.8, 4) is 0 Å². The van der Waals surface area contributed by atoms with E-state index in [2.05, 4.69) is 74.6 Å². The summed E-state index contributed by atoms with van der Waals surface area (Å²) in [6.07, 6.45) is 71.3. The average molecular weight is 1020 g/mol. The van der Waals surface area contributed by atoms with Gasteiger partial charge in [0.15, 0.2) is 0 Å². The van der Waals surface area contributed by atoms with E-state index in [0.717, 1.165) is 70.6 Å². The molecule has 2 atom stereocenters. The van der Waals surface area contributed by atoms with E-state index in [1.54, 1.807) is 0 Å². The zero-order valence-corrected chi connectivity index (χ0v) is 48.3. The fourth-order valence-corrected chi connectivity index (χ4v) is 9.25. The van der Waals surface area contributed by atoms with Crippen molar-refractivity contribution >= 4 is 13.8 Å². The largest absolute Gasteiger partial charge is 0.756 e. The van der Waals surface area contributed by atoms with Crippen LogP contribution in [0.4, 0.5) is 0 Å². The van der Waals surface area contributed by atoms with E-state index in [1.165, 1.54) is 180 Å². The van der Waals surface area contributed by atoms with Crippen LogP contribution in [0.2, 0.25) is 0 Å².